The number of H-pyrrole nitrogens is 1. The number of β-amino-alcohol motifs (C(OH)–C–C–N with tert-alkyl or cyclic N) is 1. The lowest BCUT2D eigenvalue weighted by atomic mass is 10.0. The van der Waals surface area contributed by atoms with Crippen LogP contribution in [0.2, 0.25) is 0 Å². The van der Waals surface area contributed by atoms with E-state index >= 15 is 0 Å². The second-order valence-corrected chi connectivity index (χ2v) is 6.41. The number of hydrogen-bond acceptors (Lipinski definition) is 5. The predicted molar refractivity (Wildman–Crippen MR) is 91.3 cm³/mol. The average Bonchev–Trinajstić information content (AvgIpc) is 3.13. The summed E-state index contributed by atoms with van der Waals surface area (Å²) in [5.41, 5.74) is 3.08. The van der Waals surface area contributed by atoms with Crippen LogP contribution in [0.15, 0.2) is 24.3 Å². The van der Waals surface area contributed by atoms with Crippen molar-refractivity contribution >= 4 is 0 Å². The van der Waals surface area contributed by atoms with E-state index in [0.717, 1.165) is 41.4 Å². The number of ether oxygens (including phenoxy) is 2. The Morgan fingerprint density at radius 2 is 1.96 bits per heavy atom. The summed E-state index contributed by atoms with van der Waals surface area (Å²) in [5, 5.41) is 17.7. The Balaban J connectivity index is 1.69. The van der Waals surface area contributed by atoms with Crippen LogP contribution in [0.4, 0.5) is 0 Å². The first-order chi connectivity index (χ1) is 11.6. The lowest BCUT2D eigenvalue weighted by Crippen LogP contribution is -2.22. The molecule has 0 spiro atoms. The Bertz CT molecular complexity index is 664. The van der Waals surface area contributed by atoms with Crippen LogP contribution in [0, 0.1) is 12.8 Å². The highest BCUT2D eigenvalue weighted by atomic mass is 16.5. The van der Waals surface area contributed by atoms with Crippen molar-refractivity contribution in [2.75, 3.05) is 27.3 Å². The van der Waals surface area contributed by atoms with Gasteiger partial charge in [0.05, 0.1) is 31.6 Å². The van der Waals surface area contributed by atoms with E-state index in [4.69, 9.17) is 9.47 Å². The highest BCUT2D eigenvalue weighted by molar-refractivity contribution is 5.44. The van der Waals surface area contributed by atoms with Crippen molar-refractivity contribution in [3.05, 3.63) is 41.2 Å². The second kappa shape index (κ2) is 7.23. The molecular formula is C18H25N3O3. The van der Waals surface area contributed by atoms with Gasteiger partial charge in [0.1, 0.15) is 11.5 Å². The van der Waals surface area contributed by atoms with Crippen molar-refractivity contribution in [2.45, 2.75) is 26.0 Å². The quantitative estimate of drug-likeness (QED) is 0.844. The van der Waals surface area contributed by atoms with Gasteiger partial charge in [0.2, 0.25) is 0 Å². The zero-order chi connectivity index (χ0) is 17.1. The van der Waals surface area contributed by atoms with Crippen LogP contribution in [0.5, 0.6) is 11.5 Å². The number of aromatic amines is 1. The molecule has 24 heavy (non-hydrogen) atoms. The summed E-state index contributed by atoms with van der Waals surface area (Å²) >= 11 is 0. The molecule has 2 atom stereocenters. The number of hydrogen-bond donors (Lipinski definition) is 2. The van der Waals surface area contributed by atoms with Gasteiger partial charge in [-0.1, -0.05) is 6.07 Å². The monoisotopic (exact) mass is 331 g/mol. The van der Waals surface area contributed by atoms with Gasteiger partial charge in [-0.05, 0) is 31.5 Å². The first-order valence-electron chi connectivity index (χ1n) is 8.22. The number of methoxy groups -OCH3 is 2. The largest absolute Gasteiger partial charge is 0.496 e. The first kappa shape index (κ1) is 16.8. The summed E-state index contributed by atoms with van der Waals surface area (Å²) in [5.74, 6) is 1.82. The Morgan fingerprint density at radius 1 is 1.25 bits per heavy atom. The molecule has 0 unspecified atom stereocenters. The fourth-order valence-electron chi connectivity index (χ4n) is 3.43. The van der Waals surface area contributed by atoms with E-state index in [1.807, 2.05) is 31.2 Å². The van der Waals surface area contributed by atoms with E-state index < -0.39 is 0 Å². The van der Waals surface area contributed by atoms with Crippen molar-refractivity contribution in [1.82, 2.24) is 15.1 Å². The molecule has 1 aliphatic heterocycles. The molecule has 6 heteroatoms. The van der Waals surface area contributed by atoms with E-state index in [0.29, 0.717) is 13.1 Å². The van der Waals surface area contributed by atoms with Crippen molar-refractivity contribution < 1.29 is 14.6 Å². The number of rotatable bonds is 6. The fraction of sp³-hybridized carbons (Fsp3) is 0.500. The Hall–Kier alpha value is -2.05. The van der Waals surface area contributed by atoms with Gasteiger partial charge in [-0.3, -0.25) is 10.00 Å². The maximum atomic E-state index is 10.4. The Labute approximate surface area is 142 Å². The van der Waals surface area contributed by atoms with Gasteiger partial charge in [-0.25, -0.2) is 0 Å². The molecule has 2 aromatic rings. The highest BCUT2D eigenvalue weighted by Gasteiger charge is 2.32. The maximum Gasteiger partial charge on any atom is 0.127 e. The maximum absolute atomic E-state index is 10.4. The third-order valence-electron chi connectivity index (χ3n) is 4.62. The van der Waals surface area contributed by atoms with Gasteiger partial charge < -0.3 is 14.6 Å². The third-order valence-corrected chi connectivity index (χ3v) is 4.62. The third kappa shape index (κ3) is 3.55. The van der Waals surface area contributed by atoms with Crippen LogP contribution in [-0.2, 0) is 13.0 Å². The van der Waals surface area contributed by atoms with E-state index in [2.05, 4.69) is 15.1 Å². The van der Waals surface area contributed by atoms with Crippen LogP contribution in [0.3, 0.4) is 0 Å². The van der Waals surface area contributed by atoms with E-state index in [9.17, 15) is 5.11 Å². The minimum Gasteiger partial charge on any atom is -0.496 e. The average molecular weight is 331 g/mol. The lowest BCUT2D eigenvalue weighted by Gasteiger charge is -2.19. The first-order valence-corrected chi connectivity index (χ1v) is 8.22. The zero-order valence-electron chi connectivity index (χ0n) is 14.5. The molecule has 1 fully saturated rings. The molecule has 0 saturated carbocycles. The van der Waals surface area contributed by atoms with Crippen molar-refractivity contribution in [2.24, 2.45) is 5.92 Å². The number of likely N-dealkylation sites (tertiary alicyclic amines) is 1. The number of nitrogens with one attached hydrogen (secondary N) is 1. The molecule has 0 radical (unpaired) electrons. The van der Waals surface area contributed by atoms with Crippen LogP contribution in [0.25, 0.3) is 0 Å². The molecule has 130 valence electrons. The summed E-state index contributed by atoms with van der Waals surface area (Å²) in [6.07, 6.45) is 0.438. The molecule has 1 saturated heterocycles. The Kier molecular flexibility index (Phi) is 5.06. The van der Waals surface area contributed by atoms with Crippen LogP contribution in [0.1, 0.15) is 17.0 Å². The Morgan fingerprint density at radius 3 is 2.54 bits per heavy atom. The molecule has 3 rings (SSSR count). The molecular weight excluding hydrogens is 306 g/mol. The predicted octanol–water partition coefficient (Wildman–Crippen LogP) is 1.77. The molecule has 1 aromatic carbocycles. The minimum atomic E-state index is -0.345. The topological polar surface area (TPSA) is 70.6 Å². The molecule has 0 aliphatic carbocycles. The molecule has 2 heterocycles. The summed E-state index contributed by atoms with van der Waals surface area (Å²) in [7, 11) is 3.33. The number of aromatic nitrogens is 2. The number of benzene rings is 1. The van der Waals surface area contributed by atoms with Gasteiger partial charge in [-0.15, -0.1) is 0 Å². The smallest absolute Gasteiger partial charge is 0.127 e. The second-order valence-electron chi connectivity index (χ2n) is 6.41. The SMILES string of the molecule is COc1cccc(OC)c1CN1C[C@@H](Cc2cc(C)[nH]n2)[C@@H](O)C1. The van der Waals surface area contributed by atoms with Gasteiger partial charge in [0, 0.05) is 31.2 Å². The lowest BCUT2D eigenvalue weighted by molar-refractivity contribution is 0.140. The van der Waals surface area contributed by atoms with Crippen LogP contribution >= 0.6 is 0 Å². The zero-order valence-corrected chi connectivity index (χ0v) is 14.5. The van der Waals surface area contributed by atoms with E-state index in [1.165, 1.54) is 0 Å². The summed E-state index contributed by atoms with van der Waals surface area (Å²) in [6.45, 7) is 4.16. The van der Waals surface area contributed by atoms with Gasteiger partial charge in [0.15, 0.2) is 0 Å². The summed E-state index contributed by atoms with van der Waals surface area (Å²) in [6, 6.07) is 7.84. The molecule has 6 nitrogen and oxygen atoms in total. The number of aliphatic hydroxyl groups excluding tert-OH is 1. The molecule has 0 amide bonds. The van der Waals surface area contributed by atoms with Gasteiger partial charge in [-0.2, -0.15) is 5.10 Å². The molecule has 1 aromatic heterocycles. The molecule has 1 aliphatic rings. The number of aliphatic hydroxyl groups is 1. The van der Waals surface area contributed by atoms with Crippen molar-refractivity contribution in [1.29, 1.82) is 0 Å². The van der Waals surface area contributed by atoms with Crippen LogP contribution < -0.4 is 9.47 Å². The normalized spacial score (nSPS) is 21.2. The minimum absolute atomic E-state index is 0.188. The van der Waals surface area contributed by atoms with Crippen molar-refractivity contribution in [3.63, 3.8) is 0 Å². The van der Waals surface area contributed by atoms with Crippen molar-refractivity contribution in [3.8, 4) is 11.5 Å². The summed E-state index contributed by atoms with van der Waals surface area (Å²) in [4.78, 5) is 2.25. The molecule has 2 N–H and O–H groups in total. The number of aryl methyl sites for hydroxylation is 1. The fourth-order valence-corrected chi connectivity index (χ4v) is 3.43. The highest BCUT2D eigenvalue weighted by Crippen LogP contribution is 2.31. The van der Waals surface area contributed by atoms with E-state index in [1.54, 1.807) is 14.2 Å². The summed E-state index contributed by atoms with van der Waals surface area (Å²) < 4.78 is 10.9. The standard InChI is InChI=1S/C18H25N3O3/c1-12-7-14(20-19-12)8-13-9-21(11-16(13)22)10-15-17(23-2)5-4-6-18(15)24-3/h4-7,13,16,22H,8-11H2,1-3H3,(H,19,20)/t13-,16+/m1/s1. The van der Waals surface area contributed by atoms with Gasteiger partial charge in [0.25, 0.3) is 0 Å². The number of nitrogens with zero attached hydrogens (tertiary/aromatic N) is 2. The van der Waals surface area contributed by atoms with Gasteiger partial charge >= 0.3 is 0 Å². The van der Waals surface area contributed by atoms with E-state index in [-0.39, 0.29) is 12.0 Å². The van der Waals surface area contributed by atoms with Crippen LogP contribution in [-0.4, -0.2) is 53.6 Å². The molecule has 0 bridgehead atoms.